The topological polar surface area (TPSA) is 76.7 Å². The van der Waals surface area contributed by atoms with Gasteiger partial charge < -0.3 is 20.1 Å². The molecule has 12 heavy (non-hydrogen) atoms. The Morgan fingerprint density at radius 3 is 1.67 bits per heavy atom. The van der Waals surface area contributed by atoms with Crippen LogP contribution < -0.4 is 10.6 Å². The van der Waals surface area contributed by atoms with Crippen LogP contribution in [0.15, 0.2) is 0 Å². The van der Waals surface area contributed by atoms with Gasteiger partial charge in [-0.2, -0.15) is 0 Å². The number of ether oxygens (including phenoxy) is 2. The van der Waals surface area contributed by atoms with Gasteiger partial charge >= 0.3 is 12.2 Å². The molecule has 0 aromatic heterocycles. The molecule has 0 radical (unpaired) electrons. The number of carbonyl (C=O) groups is 2. The number of rotatable bonds is 2. The van der Waals surface area contributed by atoms with Crippen molar-refractivity contribution in [1.29, 1.82) is 0 Å². The molecule has 2 N–H and O–H groups in total. The van der Waals surface area contributed by atoms with Crippen molar-refractivity contribution >= 4 is 12.2 Å². The lowest BCUT2D eigenvalue weighted by molar-refractivity contribution is 0.154. The lowest BCUT2D eigenvalue weighted by Crippen LogP contribution is -2.45. The fraction of sp³-hybridized carbons (Fsp3) is 0.667. The second kappa shape index (κ2) is 5.22. The summed E-state index contributed by atoms with van der Waals surface area (Å²) in [6, 6.07) is 0. The highest BCUT2D eigenvalue weighted by atomic mass is 16.5. The molecule has 0 aliphatic rings. The Morgan fingerprint density at radius 1 is 1.08 bits per heavy atom. The number of nitrogens with one attached hydrogen (secondary N) is 2. The number of alkyl carbamates (subject to hydrolysis) is 2. The third-order valence-corrected chi connectivity index (χ3v) is 1.04. The number of hydrogen-bond donors (Lipinski definition) is 2. The molecule has 0 aromatic carbocycles. The first kappa shape index (κ1) is 10.5. The van der Waals surface area contributed by atoms with Gasteiger partial charge in [-0.15, -0.1) is 0 Å². The average Bonchev–Trinajstić information content (AvgIpc) is 2.03. The Balaban J connectivity index is 3.66. The van der Waals surface area contributed by atoms with E-state index in [9.17, 15) is 9.59 Å². The van der Waals surface area contributed by atoms with Crippen molar-refractivity contribution in [3.05, 3.63) is 0 Å². The van der Waals surface area contributed by atoms with Crippen molar-refractivity contribution in [2.45, 2.75) is 13.1 Å². The maximum Gasteiger partial charge on any atom is 0.408 e. The van der Waals surface area contributed by atoms with E-state index in [0.29, 0.717) is 0 Å². The van der Waals surface area contributed by atoms with E-state index in [-0.39, 0.29) is 0 Å². The average molecular weight is 176 g/mol. The Morgan fingerprint density at radius 2 is 1.42 bits per heavy atom. The summed E-state index contributed by atoms with van der Waals surface area (Å²) in [7, 11) is 2.47. The molecule has 0 fully saturated rings. The molecule has 0 unspecified atom stereocenters. The molecule has 0 aromatic rings. The Kier molecular flexibility index (Phi) is 4.59. The van der Waals surface area contributed by atoms with Crippen molar-refractivity contribution in [3.63, 3.8) is 0 Å². The van der Waals surface area contributed by atoms with E-state index in [1.54, 1.807) is 6.92 Å². The second-order valence-corrected chi connectivity index (χ2v) is 1.99. The number of methoxy groups -OCH3 is 2. The van der Waals surface area contributed by atoms with Crippen molar-refractivity contribution in [2.24, 2.45) is 0 Å². The van der Waals surface area contributed by atoms with E-state index in [1.807, 2.05) is 0 Å². The summed E-state index contributed by atoms with van der Waals surface area (Å²) in [4.78, 5) is 21.1. The van der Waals surface area contributed by atoms with Gasteiger partial charge in [0.05, 0.1) is 14.2 Å². The highest BCUT2D eigenvalue weighted by Crippen LogP contribution is 1.80. The van der Waals surface area contributed by atoms with E-state index in [1.165, 1.54) is 14.2 Å². The van der Waals surface area contributed by atoms with E-state index in [0.717, 1.165) is 0 Å². The minimum absolute atomic E-state index is 0.523. The van der Waals surface area contributed by atoms with Crippen LogP contribution in [0.1, 0.15) is 6.92 Å². The molecule has 70 valence electrons. The largest absolute Gasteiger partial charge is 0.453 e. The molecular formula is C6H12N2O4. The van der Waals surface area contributed by atoms with Crippen LogP contribution in [0.4, 0.5) is 9.59 Å². The van der Waals surface area contributed by atoms with Gasteiger partial charge in [0.25, 0.3) is 0 Å². The van der Waals surface area contributed by atoms with E-state index >= 15 is 0 Å². The maximum atomic E-state index is 10.6. The van der Waals surface area contributed by atoms with Crippen LogP contribution in [0.5, 0.6) is 0 Å². The van der Waals surface area contributed by atoms with Crippen LogP contribution in [0.25, 0.3) is 0 Å². The third kappa shape index (κ3) is 4.37. The van der Waals surface area contributed by atoms with Crippen molar-refractivity contribution < 1.29 is 19.1 Å². The summed E-state index contributed by atoms with van der Waals surface area (Å²) in [5.41, 5.74) is 0. The molecule has 0 saturated carbocycles. The van der Waals surface area contributed by atoms with Crippen LogP contribution in [-0.4, -0.2) is 32.6 Å². The molecule has 0 spiro atoms. The minimum Gasteiger partial charge on any atom is -0.453 e. The monoisotopic (exact) mass is 176 g/mol. The van der Waals surface area contributed by atoms with E-state index in [2.05, 4.69) is 20.1 Å². The zero-order valence-corrected chi connectivity index (χ0v) is 7.21. The third-order valence-electron chi connectivity index (χ3n) is 1.04. The highest BCUT2D eigenvalue weighted by Gasteiger charge is 2.08. The summed E-state index contributed by atoms with van der Waals surface area (Å²) in [6.07, 6.45) is -1.75. The van der Waals surface area contributed by atoms with Crippen LogP contribution in [0, 0.1) is 0 Å². The summed E-state index contributed by atoms with van der Waals surface area (Å²) in [6.45, 7) is 1.58. The number of carbonyl (C=O) groups excluding carboxylic acids is 2. The summed E-state index contributed by atoms with van der Waals surface area (Å²) < 4.78 is 8.59. The first-order valence-electron chi connectivity index (χ1n) is 3.29. The number of amides is 2. The van der Waals surface area contributed by atoms with Crippen molar-refractivity contribution in [2.75, 3.05) is 14.2 Å². The minimum atomic E-state index is -0.612. The van der Waals surface area contributed by atoms with Gasteiger partial charge in [0.2, 0.25) is 0 Å². The summed E-state index contributed by atoms with van der Waals surface area (Å²) in [5, 5.41) is 4.64. The zero-order valence-electron chi connectivity index (χ0n) is 7.21. The van der Waals surface area contributed by atoms with Gasteiger partial charge in [0.15, 0.2) is 0 Å². The molecule has 0 atom stereocenters. The standard InChI is InChI=1S/C6H12N2O4/c1-4(7-5(9)11-2)8-6(10)12-3/h4H,1-3H3,(H,7,9)(H,8,10). The molecule has 0 bridgehead atoms. The molecule has 2 amide bonds. The van der Waals surface area contributed by atoms with Crippen LogP contribution in [0.2, 0.25) is 0 Å². The van der Waals surface area contributed by atoms with Gasteiger partial charge in [0.1, 0.15) is 6.17 Å². The quantitative estimate of drug-likeness (QED) is 0.582. The number of hydrogen-bond acceptors (Lipinski definition) is 4. The van der Waals surface area contributed by atoms with Crippen molar-refractivity contribution in [3.8, 4) is 0 Å². The first-order valence-corrected chi connectivity index (χ1v) is 3.29. The van der Waals surface area contributed by atoms with Gasteiger partial charge in [-0.3, -0.25) is 0 Å². The lowest BCUT2D eigenvalue weighted by Gasteiger charge is -2.13. The smallest absolute Gasteiger partial charge is 0.408 e. The van der Waals surface area contributed by atoms with Gasteiger partial charge in [0, 0.05) is 0 Å². The Bertz CT molecular complexity index is 153. The molecule has 0 rings (SSSR count). The summed E-state index contributed by atoms with van der Waals surface area (Å²) >= 11 is 0. The molecule has 0 aliphatic carbocycles. The van der Waals surface area contributed by atoms with Gasteiger partial charge in [-0.25, -0.2) is 9.59 Å². The predicted molar refractivity (Wildman–Crippen MR) is 40.5 cm³/mol. The van der Waals surface area contributed by atoms with Crippen LogP contribution in [0.3, 0.4) is 0 Å². The molecule has 0 saturated heterocycles. The van der Waals surface area contributed by atoms with E-state index < -0.39 is 18.4 Å². The van der Waals surface area contributed by atoms with E-state index in [4.69, 9.17) is 0 Å². The predicted octanol–water partition coefficient (Wildman–Crippen LogP) is 0.0444. The Hall–Kier alpha value is -1.46. The van der Waals surface area contributed by atoms with Crippen molar-refractivity contribution in [1.82, 2.24) is 10.6 Å². The van der Waals surface area contributed by atoms with Crippen LogP contribution >= 0.6 is 0 Å². The normalized spacial score (nSPS) is 9.00. The lowest BCUT2D eigenvalue weighted by atomic mass is 10.6. The zero-order chi connectivity index (χ0) is 9.56. The maximum absolute atomic E-state index is 10.6. The molecule has 0 aliphatic heterocycles. The van der Waals surface area contributed by atoms with Gasteiger partial charge in [-0.1, -0.05) is 0 Å². The Labute approximate surface area is 70.2 Å². The fourth-order valence-corrected chi connectivity index (χ4v) is 0.507. The molecular weight excluding hydrogens is 164 g/mol. The second-order valence-electron chi connectivity index (χ2n) is 1.99. The highest BCUT2D eigenvalue weighted by molar-refractivity contribution is 5.70. The molecule has 6 heteroatoms. The van der Waals surface area contributed by atoms with Crippen LogP contribution in [-0.2, 0) is 9.47 Å². The molecule has 6 nitrogen and oxygen atoms in total. The van der Waals surface area contributed by atoms with Gasteiger partial charge in [-0.05, 0) is 6.92 Å². The summed E-state index contributed by atoms with van der Waals surface area (Å²) in [5.74, 6) is 0. The molecule has 0 heterocycles. The first-order chi connectivity index (χ1) is 5.60. The fourth-order valence-electron chi connectivity index (χ4n) is 0.507. The SMILES string of the molecule is COC(=O)NC(C)NC(=O)OC.